The van der Waals surface area contributed by atoms with Crippen molar-refractivity contribution in [2.24, 2.45) is 5.73 Å². The molecule has 0 saturated carbocycles. The number of aromatic nitrogens is 2. The van der Waals surface area contributed by atoms with Crippen molar-refractivity contribution in [2.45, 2.75) is 70.7 Å². The molecule has 1 aliphatic heterocycles. The van der Waals surface area contributed by atoms with Gasteiger partial charge in [0.05, 0.1) is 12.2 Å². The van der Waals surface area contributed by atoms with Crippen LogP contribution in [0.5, 0.6) is 0 Å². The number of nitrogens with one attached hydrogen (secondary N) is 1. The number of nitrogens with zero attached hydrogens (tertiary/aromatic N) is 1. The fourth-order valence-electron chi connectivity index (χ4n) is 2.56. The molecule has 136 valence electrons. The highest BCUT2D eigenvalue weighted by atomic mass is 28.4. The molecule has 1 aromatic heterocycles. The van der Waals surface area contributed by atoms with Gasteiger partial charge in [-0.2, -0.15) is 0 Å². The molecule has 3 atom stereocenters. The highest BCUT2D eigenvalue weighted by Crippen LogP contribution is 2.40. The van der Waals surface area contributed by atoms with Gasteiger partial charge in [-0.15, -0.1) is 0 Å². The Balaban J connectivity index is 2.25. The number of hydrogen-bond acceptors (Lipinski definition) is 5. The van der Waals surface area contributed by atoms with Gasteiger partial charge in [0.2, 0.25) is 0 Å². The van der Waals surface area contributed by atoms with E-state index in [1.165, 1.54) is 10.8 Å². The number of nitrogens with two attached hydrogens (primary N) is 1. The van der Waals surface area contributed by atoms with Crippen molar-refractivity contribution >= 4 is 8.32 Å². The number of aromatic amines is 1. The van der Waals surface area contributed by atoms with Crippen molar-refractivity contribution in [1.29, 1.82) is 0 Å². The molecule has 24 heavy (non-hydrogen) atoms. The summed E-state index contributed by atoms with van der Waals surface area (Å²) >= 11 is 0. The third kappa shape index (κ3) is 3.71. The average Bonchev–Trinajstić information content (AvgIpc) is 2.83. The molecule has 7 nitrogen and oxygen atoms in total. The van der Waals surface area contributed by atoms with Crippen molar-refractivity contribution in [3.05, 3.63) is 32.6 Å². The Morgan fingerprint density at radius 2 is 2.04 bits per heavy atom. The van der Waals surface area contributed by atoms with Gasteiger partial charge in [0, 0.05) is 24.7 Å². The Labute approximate surface area is 143 Å². The van der Waals surface area contributed by atoms with E-state index in [1.807, 2.05) is 0 Å². The van der Waals surface area contributed by atoms with Crippen LogP contribution in [0.4, 0.5) is 0 Å². The molecule has 1 saturated heterocycles. The van der Waals surface area contributed by atoms with E-state index in [9.17, 15) is 9.59 Å². The largest absolute Gasteiger partial charge is 0.411 e. The highest BCUT2D eigenvalue weighted by molar-refractivity contribution is 6.74. The first kappa shape index (κ1) is 19.1. The van der Waals surface area contributed by atoms with E-state index in [0.29, 0.717) is 18.5 Å². The van der Waals surface area contributed by atoms with E-state index in [0.717, 1.165) is 0 Å². The second kappa shape index (κ2) is 6.59. The zero-order valence-corrected chi connectivity index (χ0v) is 16.4. The molecule has 2 heterocycles. The van der Waals surface area contributed by atoms with Gasteiger partial charge in [-0.3, -0.25) is 14.3 Å². The molecule has 1 aliphatic rings. The van der Waals surface area contributed by atoms with Crippen LogP contribution in [-0.2, 0) is 9.16 Å². The molecule has 0 spiro atoms. The van der Waals surface area contributed by atoms with Crippen molar-refractivity contribution < 1.29 is 9.16 Å². The monoisotopic (exact) mass is 355 g/mol. The maximum atomic E-state index is 12.1. The Hall–Kier alpha value is -1.22. The molecule has 0 aromatic carbocycles. The van der Waals surface area contributed by atoms with Gasteiger partial charge in [-0.1, -0.05) is 20.8 Å². The van der Waals surface area contributed by atoms with Crippen LogP contribution in [0.25, 0.3) is 0 Å². The standard InChI is InChI=1S/C16H29N3O4Si/c1-10-9-19(15(21)18-14(10)20)13-7-11(12(8-17)22-13)23-24(5,6)16(2,3)4/h9,11-13H,7-8,17H2,1-6H3,(H,18,20,21)/t11?,12-,13-/m1/s1. The van der Waals surface area contributed by atoms with Crippen LogP contribution in [0, 0.1) is 6.92 Å². The van der Waals surface area contributed by atoms with Gasteiger partial charge in [0.25, 0.3) is 5.56 Å². The zero-order valence-electron chi connectivity index (χ0n) is 15.4. The Morgan fingerprint density at radius 3 is 2.58 bits per heavy atom. The number of ether oxygens (including phenoxy) is 1. The molecule has 0 bridgehead atoms. The van der Waals surface area contributed by atoms with Crippen molar-refractivity contribution in [3.8, 4) is 0 Å². The van der Waals surface area contributed by atoms with Crippen LogP contribution in [0.15, 0.2) is 15.8 Å². The molecule has 0 aliphatic carbocycles. The SMILES string of the molecule is Cc1cn([C@H]2CC(O[Si](C)(C)C(C)(C)C)[C@@H](CN)O2)c(=O)[nH]c1=O. The summed E-state index contributed by atoms with van der Waals surface area (Å²) in [6.45, 7) is 12.9. The Morgan fingerprint density at radius 1 is 1.42 bits per heavy atom. The first-order valence-corrected chi connectivity index (χ1v) is 11.2. The first-order valence-electron chi connectivity index (χ1n) is 8.31. The maximum absolute atomic E-state index is 12.1. The number of H-pyrrole nitrogens is 1. The lowest BCUT2D eigenvalue weighted by Crippen LogP contribution is -2.47. The van der Waals surface area contributed by atoms with Crippen LogP contribution in [0.3, 0.4) is 0 Å². The molecule has 1 aromatic rings. The molecule has 1 fully saturated rings. The molecule has 2 rings (SSSR count). The summed E-state index contributed by atoms with van der Waals surface area (Å²) < 4.78 is 13.8. The number of aryl methyl sites for hydroxylation is 1. The fraction of sp³-hybridized carbons (Fsp3) is 0.750. The predicted octanol–water partition coefficient (Wildman–Crippen LogP) is 1.48. The summed E-state index contributed by atoms with van der Waals surface area (Å²) in [5.41, 5.74) is 5.47. The highest BCUT2D eigenvalue weighted by Gasteiger charge is 2.44. The van der Waals surface area contributed by atoms with Crippen molar-refractivity contribution in [3.63, 3.8) is 0 Å². The minimum atomic E-state index is -1.97. The van der Waals surface area contributed by atoms with E-state index in [-0.39, 0.29) is 22.8 Å². The Bertz CT molecular complexity index is 704. The molecule has 1 unspecified atom stereocenters. The third-order valence-electron chi connectivity index (χ3n) is 5.12. The first-order chi connectivity index (χ1) is 11.0. The van der Waals surface area contributed by atoms with Gasteiger partial charge in [0.15, 0.2) is 8.32 Å². The van der Waals surface area contributed by atoms with Crippen LogP contribution in [0.1, 0.15) is 39.0 Å². The summed E-state index contributed by atoms with van der Waals surface area (Å²) in [5.74, 6) is 0. The molecule has 3 N–H and O–H groups in total. The van der Waals surface area contributed by atoms with E-state index < -0.39 is 20.2 Å². The molecule has 0 amide bonds. The molecule has 0 radical (unpaired) electrons. The van der Waals surface area contributed by atoms with E-state index in [1.54, 1.807) is 6.92 Å². The second-order valence-corrected chi connectivity index (χ2v) is 12.8. The second-order valence-electron chi connectivity index (χ2n) is 8.00. The minimum absolute atomic E-state index is 0.0790. The van der Waals surface area contributed by atoms with Crippen molar-refractivity contribution in [2.75, 3.05) is 6.54 Å². The number of hydrogen-bond donors (Lipinski definition) is 2. The summed E-state index contributed by atoms with van der Waals surface area (Å²) in [5, 5.41) is 0.0790. The van der Waals surface area contributed by atoms with E-state index in [2.05, 4.69) is 38.8 Å². The van der Waals surface area contributed by atoms with Crippen LogP contribution in [0.2, 0.25) is 18.1 Å². The van der Waals surface area contributed by atoms with Crippen LogP contribution < -0.4 is 17.0 Å². The normalized spacial score (nSPS) is 25.2. The zero-order chi connectivity index (χ0) is 18.3. The van der Waals surface area contributed by atoms with Gasteiger partial charge >= 0.3 is 5.69 Å². The topological polar surface area (TPSA) is 99.3 Å². The maximum Gasteiger partial charge on any atom is 0.330 e. The number of rotatable bonds is 4. The summed E-state index contributed by atoms with van der Waals surface area (Å²) in [7, 11) is -1.97. The van der Waals surface area contributed by atoms with Gasteiger partial charge in [0.1, 0.15) is 6.23 Å². The van der Waals surface area contributed by atoms with Crippen LogP contribution in [-0.4, -0.2) is 36.6 Å². The Kier molecular flexibility index (Phi) is 5.24. The third-order valence-corrected chi connectivity index (χ3v) is 9.63. The van der Waals surface area contributed by atoms with Crippen LogP contribution >= 0.6 is 0 Å². The van der Waals surface area contributed by atoms with Gasteiger partial charge < -0.3 is 14.9 Å². The minimum Gasteiger partial charge on any atom is -0.411 e. The molecular weight excluding hydrogens is 326 g/mol. The van der Waals surface area contributed by atoms with Crippen molar-refractivity contribution in [1.82, 2.24) is 9.55 Å². The average molecular weight is 356 g/mol. The fourth-order valence-corrected chi connectivity index (χ4v) is 3.92. The lowest BCUT2D eigenvalue weighted by Gasteiger charge is -2.39. The van der Waals surface area contributed by atoms with Gasteiger partial charge in [-0.25, -0.2) is 4.79 Å². The molecular formula is C16H29N3O4Si. The predicted molar refractivity (Wildman–Crippen MR) is 95.7 cm³/mol. The summed E-state index contributed by atoms with van der Waals surface area (Å²) in [6, 6.07) is 0. The lowest BCUT2D eigenvalue weighted by atomic mass is 10.2. The van der Waals surface area contributed by atoms with E-state index in [4.69, 9.17) is 14.9 Å². The van der Waals surface area contributed by atoms with E-state index >= 15 is 0 Å². The lowest BCUT2D eigenvalue weighted by molar-refractivity contribution is -0.0133. The quantitative estimate of drug-likeness (QED) is 0.797. The smallest absolute Gasteiger partial charge is 0.330 e. The van der Waals surface area contributed by atoms with Gasteiger partial charge in [-0.05, 0) is 25.1 Å². The summed E-state index contributed by atoms with van der Waals surface area (Å²) in [6.07, 6.45) is 1.19. The summed E-state index contributed by atoms with van der Waals surface area (Å²) in [4.78, 5) is 25.9. The molecule has 8 heteroatoms.